The molecule has 2 rings (SSSR count). The van der Waals surface area contributed by atoms with Crippen LogP contribution in [-0.2, 0) is 21.6 Å². The summed E-state index contributed by atoms with van der Waals surface area (Å²) in [5.41, 5.74) is -1.15. The van der Waals surface area contributed by atoms with E-state index in [0.717, 1.165) is 5.56 Å². The summed E-state index contributed by atoms with van der Waals surface area (Å²) >= 11 is 0. The summed E-state index contributed by atoms with van der Waals surface area (Å²) < 4.78 is 5.24. The number of rotatable bonds is 6. The maximum atomic E-state index is 12.1. The predicted octanol–water partition coefficient (Wildman–Crippen LogP) is 2.09. The molecule has 0 spiro atoms. The number of hydrogen-bond acceptors (Lipinski definition) is 6. The van der Waals surface area contributed by atoms with Crippen molar-refractivity contribution < 1.29 is 19.4 Å². The molecule has 0 aliphatic heterocycles. The summed E-state index contributed by atoms with van der Waals surface area (Å²) in [6.07, 6.45) is -0.0507. The third-order valence-corrected chi connectivity index (χ3v) is 3.70. The van der Waals surface area contributed by atoms with Gasteiger partial charge in [0, 0.05) is 12.3 Å². The summed E-state index contributed by atoms with van der Waals surface area (Å²) in [6, 6.07) is 9.25. The van der Waals surface area contributed by atoms with Gasteiger partial charge in [0.2, 0.25) is 5.75 Å². The van der Waals surface area contributed by atoms with Crippen LogP contribution in [0.2, 0.25) is 0 Å². The number of aromatic nitrogens is 2. The Kier molecular flexibility index (Phi) is 5.36. The van der Waals surface area contributed by atoms with E-state index in [2.05, 4.69) is 9.97 Å². The second kappa shape index (κ2) is 7.29. The van der Waals surface area contributed by atoms with E-state index in [4.69, 9.17) is 4.74 Å². The summed E-state index contributed by atoms with van der Waals surface area (Å²) in [5.74, 6) is -1.59. The zero-order chi connectivity index (χ0) is 18.6. The Labute approximate surface area is 144 Å². The van der Waals surface area contributed by atoms with E-state index < -0.39 is 28.5 Å². The second-order valence-corrected chi connectivity index (χ2v) is 6.37. The summed E-state index contributed by atoms with van der Waals surface area (Å²) in [6.45, 7) is 4.73. The molecule has 0 bridgehead atoms. The van der Waals surface area contributed by atoms with Gasteiger partial charge >= 0.3 is 5.97 Å². The molecule has 0 saturated carbocycles. The SMILES string of the molecule is CC(=O)c1nc(C(C)(C)CC(=O)OCc2ccccc2)[nH]c(=O)c1O. The zero-order valence-corrected chi connectivity index (χ0v) is 14.3. The number of esters is 1. The minimum atomic E-state index is -0.884. The number of nitrogens with zero attached hydrogens (tertiary/aromatic N) is 1. The van der Waals surface area contributed by atoms with E-state index in [0.29, 0.717) is 0 Å². The molecule has 1 heterocycles. The van der Waals surface area contributed by atoms with Crippen LogP contribution in [0.3, 0.4) is 0 Å². The molecule has 1 aromatic heterocycles. The van der Waals surface area contributed by atoms with Crippen molar-refractivity contribution in [2.45, 2.75) is 39.2 Å². The lowest BCUT2D eigenvalue weighted by Gasteiger charge is -2.22. The van der Waals surface area contributed by atoms with Crippen molar-refractivity contribution in [1.82, 2.24) is 9.97 Å². The van der Waals surface area contributed by atoms with Crippen molar-refractivity contribution in [2.75, 3.05) is 0 Å². The van der Waals surface area contributed by atoms with Crippen LogP contribution in [0.4, 0.5) is 0 Å². The predicted molar refractivity (Wildman–Crippen MR) is 90.4 cm³/mol. The lowest BCUT2D eigenvalue weighted by atomic mass is 9.88. The molecule has 0 aliphatic carbocycles. The lowest BCUT2D eigenvalue weighted by molar-refractivity contribution is -0.146. The summed E-state index contributed by atoms with van der Waals surface area (Å²) in [7, 11) is 0. The molecule has 0 unspecified atom stereocenters. The number of ether oxygens (including phenoxy) is 1. The first-order valence-corrected chi connectivity index (χ1v) is 7.75. The molecule has 7 heteroatoms. The van der Waals surface area contributed by atoms with Crippen molar-refractivity contribution in [3.63, 3.8) is 0 Å². The zero-order valence-electron chi connectivity index (χ0n) is 14.3. The number of H-pyrrole nitrogens is 1. The topological polar surface area (TPSA) is 109 Å². The maximum absolute atomic E-state index is 12.1. The van der Waals surface area contributed by atoms with Crippen LogP contribution in [0.25, 0.3) is 0 Å². The average molecular weight is 344 g/mol. The molecule has 0 fully saturated rings. The smallest absolute Gasteiger partial charge is 0.307 e. The third-order valence-electron chi connectivity index (χ3n) is 3.70. The molecule has 7 nitrogen and oxygen atoms in total. The largest absolute Gasteiger partial charge is 0.501 e. The standard InChI is InChI=1S/C18H20N2O5/c1-11(21)14-15(23)16(24)20-17(19-14)18(2,3)9-13(22)25-10-12-7-5-4-6-8-12/h4-8,23H,9-10H2,1-3H3,(H,19,20,24). The molecule has 0 amide bonds. The number of benzene rings is 1. The number of carbonyl (C=O) groups excluding carboxylic acids is 2. The van der Waals surface area contributed by atoms with Crippen LogP contribution in [0.15, 0.2) is 35.1 Å². The van der Waals surface area contributed by atoms with Gasteiger partial charge < -0.3 is 14.8 Å². The Hall–Kier alpha value is -2.96. The Balaban J connectivity index is 2.14. The Morgan fingerprint density at radius 2 is 1.88 bits per heavy atom. The van der Waals surface area contributed by atoms with Crippen molar-refractivity contribution in [3.05, 3.63) is 57.8 Å². The normalized spacial score (nSPS) is 11.2. The molecule has 25 heavy (non-hydrogen) atoms. The number of aromatic hydroxyl groups is 1. The fourth-order valence-corrected chi connectivity index (χ4v) is 2.27. The quantitative estimate of drug-likeness (QED) is 0.613. The van der Waals surface area contributed by atoms with Gasteiger partial charge in [-0.2, -0.15) is 0 Å². The van der Waals surface area contributed by atoms with E-state index in [9.17, 15) is 19.5 Å². The Morgan fingerprint density at radius 3 is 2.48 bits per heavy atom. The molecule has 0 atom stereocenters. The maximum Gasteiger partial charge on any atom is 0.307 e. The monoisotopic (exact) mass is 344 g/mol. The second-order valence-electron chi connectivity index (χ2n) is 6.37. The Morgan fingerprint density at radius 1 is 1.24 bits per heavy atom. The van der Waals surface area contributed by atoms with Crippen molar-refractivity contribution in [2.24, 2.45) is 0 Å². The molecule has 0 aliphatic rings. The third kappa shape index (κ3) is 4.53. The molecule has 1 aromatic carbocycles. The first-order chi connectivity index (χ1) is 11.7. The van der Waals surface area contributed by atoms with Gasteiger partial charge in [0.05, 0.1) is 6.42 Å². The van der Waals surface area contributed by atoms with Crippen LogP contribution in [0.5, 0.6) is 5.75 Å². The van der Waals surface area contributed by atoms with E-state index in [1.807, 2.05) is 30.3 Å². The highest BCUT2D eigenvalue weighted by Gasteiger charge is 2.30. The fraction of sp³-hybridized carbons (Fsp3) is 0.333. The molecular formula is C18H20N2O5. The van der Waals surface area contributed by atoms with E-state index >= 15 is 0 Å². The number of aromatic amines is 1. The van der Waals surface area contributed by atoms with E-state index in [-0.39, 0.29) is 24.5 Å². The fourth-order valence-electron chi connectivity index (χ4n) is 2.27. The first-order valence-electron chi connectivity index (χ1n) is 7.75. The van der Waals surface area contributed by atoms with Crippen LogP contribution in [0, 0.1) is 0 Å². The summed E-state index contributed by atoms with van der Waals surface area (Å²) in [4.78, 5) is 41.9. The van der Waals surface area contributed by atoms with Gasteiger partial charge in [-0.15, -0.1) is 0 Å². The molecule has 0 saturated heterocycles. The van der Waals surface area contributed by atoms with Crippen LogP contribution in [-0.4, -0.2) is 26.8 Å². The number of hydrogen-bond donors (Lipinski definition) is 2. The number of nitrogens with one attached hydrogen (secondary N) is 1. The first kappa shape index (κ1) is 18.4. The van der Waals surface area contributed by atoms with E-state index in [1.165, 1.54) is 6.92 Å². The van der Waals surface area contributed by atoms with Crippen molar-refractivity contribution in [1.29, 1.82) is 0 Å². The number of carbonyl (C=O) groups is 2. The van der Waals surface area contributed by atoms with Gasteiger partial charge in [-0.3, -0.25) is 14.4 Å². The van der Waals surface area contributed by atoms with Gasteiger partial charge in [-0.25, -0.2) is 4.98 Å². The molecule has 0 radical (unpaired) electrons. The molecule has 2 N–H and O–H groups in total. The van der Waals surface area contributed by atoms with Crippen molar-refractivity contribution >= 4 is 11.8 Å². The van der Waals surface area contributed by atoms with Crippen molar-refractivity contribution in [3.8, 4) is 5.75 Å². The minimum absolute atomic E-state index is 0.0507. The van der Waals surface area contributed by atoms with Crippen LogP contribution in [0.1, 0.15) is 49.1 Å². The van der Waals surface area contributed by atoms with Crippen LogP contribution < -0.4 is 5.56 Å². The minimum Gasteiger partial charge on any atom is -0.501 e. The average Bonchev–Trinajstić information content (AvgIpc) is 2.55. The van der Waals surface area contributed by atoms with E-state index in [1.54, 1.807) is 13.8 Å². The lowest BCUT2D eigenvalue weighted by Crippen LogP contribution is -2.29. The van der Waals surface area contributed by atoms with Gasteiger partial charge in [-0.1, -0.05) is 44.2 Å². The van der Waals surface area contributed by atoms with Crippen LogP contribution >= 0.6 is 0 Å². The number of ketones is 1. The van der Waals surface area contributed by atoms with Gasteiger partial charge in [0.1, 0.15) is 12.4 Å². The highest BCUT2D eigenvalue weighted by molar-refractivity contribution is 5.94. The molecular weight excluding hydrogens is 324 g/mol. The van der Waals surface area contributed by atoms with Gasteiger partial charge in [0.25, 0.3) is 5.56 Å². The molecule has 132 valence electrons. The number of Topliss-reactive ketones (excluding diaryl/α,β-unsaturated/α-hetero) is 1. The van der Waals surface area contributed by atoms with Gasteiger partial charge in [0.15, 0.2) is 11.5 Å². The van der Waals surface area contributed by atoms with Gasteiger partial charge in [-0.05, 0) is 5.56 Å². The highest BCUT2D eigenvalue weighted by atomic mass is 16.5. The molecule has 2 aromatic rings. The summed E-state index contributed by atoms with van der Waals surface area (Å²) in [5, 5.41) is 9.63. The Bertz CT molecular complexity index is 840. The highest BCUT2D eigenvalue weighted by Crippen LogP contribution is 2.25.